The average Bonchev–Trinajstić information content (AvgIpc) is 3.30. The van der Waals surface area contributed by atoms with Gasteiger partial charge in [0.05, 0.1) is 19.3 Å². The summed E-state index contributed by atoms with van der Waals surface area (Å²) < 4.78 is 6.68. The number of aryl methyl sites for hydroxylation is 1. The molecule has 0 spiro atoms. The first kappa shape index (κ1) is 24.7. The van der Waals surface area contributed by atoms with Crippen molar-refractivity contribution in [2.75, 3.05) is 24.6 Å². The number of carbonyl (C=O) groups excluding carboxylic acids is 1. The average molecular weight is 468 g/mol. The third-order valence-corrected chi connectivity index (χ3v) is 7.46. The van der Waals surface area contributed by atoms with Crippen LogP contribution in [-0.2, 0) is 11.3 Å². The number of nitrogens with zero attached hydrogens (tertiary/aromatic N) is 5. The van der Waals surface area contributed by atoms with Gasteiger partial charge in [-0.2, -0.15) is 0 Å². The van der Waals surface area contributed by atoms with Crippen LogP contribution in [0.15, 0.2) is 18.3 Å². The van der Waals surface area contributed by atoms with E-state index in [1.165, 1.54) is 70.6 Å². The number of hydrogen-bond acceptors (Lipinski definition) is 6. The molecule has 4 rings (SSSR count). The van der Waals surface area contributed by atoms with E-state index in [1.807, 2.05) is 0 Å². The minimum absolute atomic E-state index is 0.241. The molecule has 2 aliphatic rings. The molecular formula is C27H41N5O2. The number of rotatable bonds is 5. The first-order valence-corrected chi connectivity index (χ1v) is 13.4. The van der Waals surface area contributed by atoms with Crippen LogP contribution in [0.5, 0.6) is 0 Å². The summed E-state index contributed by atoms with van der Waals surface area (Å²) in [6.45, 7) is 6.98. The van der Waals surface area contributed by atoms with E-state index in [1.54, 1.807) is 17.8 Å². The number of anilines is 1. The Labute approximate surface area is 204 Å². The molecule has 0 aromatic carbocycles. The zero-order valence-electron chi connectivity index (χ0n) is 21.0. The van der Waals surface area contributed by atoms with Crippen molar-refractivity contribution in [1.29, 1.82) is 0 Å². The molecule has 0 amide bonds. The topological polar surface area (TPSA) is 73.1 Å². The lowest BCUT2D eigenvalue weighted by molar-refractivity contribution is 0.0519. The van der Waals surface area contributed by atoms with Crippen molar-refractivity contribution in [2.45, 2.75) is 91.0 Å². The minimum Gasteiger partial charge on any atom is -0.461 e. The second-order valence-electron chi connectivity index (χ2n) is 10.2. The monoisotopic (exact) mass is 467 g/mol. The van der Waals surface area contributed by atoms with Crippen LogP contribution >= 0.6 is 0 Å². The zero-order chi connectivity index (χ0) is 23.8. The van der Waals surface area contributed by atoms with Gasteiger partial charge in [-0.3, -0.25) is 0 Å². The van der Waals surface area contributed by atoms with Crippen LogP contribution in [0.2, 0.25) is 0 Å². The van der Waals surface area contributed by atoms with Crippen LogP contribution < -0.4 is 4.90 Å². The summed E-state index contributed by atoms with van der Waals surface area (Å²) in [5, 5.41) is 8.03. The number of aromatic nitrogens is 4. The van der Waals surface area contributed by atoms with Gasteiger partial charge in [-0.1, -0.05) is 62.6 Å². The van der Waals surface area contributed by atoms with E-state index in [-0.39, 0.29) is 5.69 Å². The van der Waals surface area contributed by atoms with Crippen molar-refractivity contribution in [1.82, 2.24) is 20.0 Å². The number of pyridine rings is 1. The lowest BCUT2D eigenvalue weighted by Gasteiger charge is -2.39. The molecule has 2 fully saturated rings. The lowest BCUT2D eigenvalue weighted by atomic mass is 9.83. The normalized spacial score (nSPS) is 22.4. The molecule has 1 aliphatic heterocycles. The van der Waals surface area contributed by atoms with Gasteiger partial charge in [-0.25, -0.2) is 14.5 Å². The molecular weight excluding hydrogens is 426 g/mol. The largest absolute Gasteiger partial charge is 0.461 e. The van der Waals surface area contributed by atoms with Crippen LogP contribution in [0, 0.1) is 18.8 Å². The Balaban J connectivity index is 1.42. The first-order chi connectivity index (χ1) is 16.6. The Morgan fingerprint density at radius 2 is 1.65 bits per heavy atom. The van der Waals surface area contributed by atoms with E-state index in [0.29, 0.717) is 13.2 Å². The van der Waals surface area contributed by atoms with Gasteiger partial charge in [-0.05, 0) is 56.6 Å². The predicted octanol–water partition coefficient (Wildman–Crippen LogP) is 5.56. The van der Waals surface area contributed by atoms with Crippen LogP contribution in [0.4, 0.5) is 5.82 Å². The number of ether oxygens (including phenoxy) is 1. The summed E-state index contributed by atoms with van der Waals surface area (Å²) in [6, 6.07) is 4.32. The number of esters is 1. The Morgan fingerprint density at radius 3 is 2.26 bits per heavy atom. The molecule has 0 radical (unpaired) electrons. The van der Waals surface area contributed by atoms with Gasteiger partial charge < -0.3 is 9.64 Å². The Hall–Kier alpha value is -2.44. The van der Waals surface area contributed by atoms with Crippen molar-refractivity contribution < 1.29 is 9.53 Å². The summed E-state index contributed by atoms with van der Waals surface area (Å²) in [5.41, 5.74) is 2.34. The standard InChI is InChI=1S/C27H41N5O2/c1-3-34-27(33)25-20-32(30-29-25)19-24-14-15-26(28-21(24)2)31-17-22-12-10-8-6-4-5-7-9-11-13-23(16-22)18-31/h14-15,20,22-23H,3-13,16-19H2,1-2H3. The lowest BCUT2D eigenvalue weighted by Crippen LogP contribution is -2.41. The van der Waals surface area contributed by atoms with E-state index in [4.69, 9.17) is 9.72 Å². The highest BCUT2D eigenvalue weighted by atomic mass is 16.5. The van der Waals surface area contributed by atoms with Crippen LogP contribution in [-0.4, -0.2) is 45.6 Å². The second-order valence-corrected chi connectivity index (χ2v) is 10.2. The van der Waals surface area contributed by atoms with E-state index >= 15 is 0 Å². The predicted molar refractivity (Wildman–Crippen MR) is 134 cm³/mol. The molecule has 1 saturated carbocycles. The Kier molecular flexibility index (Phi) is 8.94. The van der Waals surface area contributed by atoms with Crippen LogP contribution in [0.3, 0.4) is 0 Å². The van der Waals surface area contributed by atoms with Crippen molar-refractivity contribution in [2.24, 2.45) is 11.8 Å². The van der Waals surface area contributed by atoms with Gasteiger partial charge in [0.25, 0.3) is 0 Å². The smallest absolute Gasteiger partial charge is 0.360 e. The summed E-state index contributed by atoms with van der Waals surface area (Å²) in [5.74, 6) is 2.25. The minimum atomic E-state index is -0.435. The maximum Gasteiger partial charge on any atom is 0.360 e. The van der Waals surface area contributed by atoms with Gasteiger partial charge in [-0.15, -0.1) is 5.10 Å². The summed E-state index contributed by atoms with van der Waals surface area (Å²) >= 11 is 0. The second kappa shape index (κ2) is 12.3. The maximum atomic E-state index is 11.9. The van der Waals surface area contributed by atoms with Gasteiger partial charge in [0.2, 0.25) is 0 Å². The highest BCUT2D eigenvalue weighted by Gasteiger charge is 2.28. The molecule has 1 aliphatic carbocycles. The molecule has 2 bridgehead atoms. The third kappa shape index (κ3) is 6.80. The van der Waals surface area contributed by atoms with E-state index < -0.39 is 5.97 Å². The number of piperidine rings is 1. The van der Waals surface area contributed by atoms with Crippen molar-refractivity contribution in [3.63, 3.8) is 0 Å². The van der Waals surface area contributed by atoms with Crippen molar-refractivity contribution in [3.8, 4) is 0 Å². The summed E-state index contributed by atoms with van der Waals surface area (Å²) in [7, 11) is 0. The molecule has 2 aromatic heterocycles. The number of fused-ring (bicyclic) bond motifs is 2. The fraction of sp³-hybridized carbons (Fsp3) is 0.704. The summed E-state index contributed by atoms with van der Waals surface area (Å²) in [6.07, 6.45) is 17.0. The molecule has 3 heterocycles. The maximum absolute atomic E-state index is 11.9. The van der Waals surface area contributed by atoms with Crippen LogP contribution in [0.25, 0.3) is 0 Å². The SMILES string of the molecule is CCOC(=O)c1cn(Cc2ccc(N3CC4CCCCCCCCCCC(C4)C3)nc2C)nn1. The van der Waals surface area contributed by atoms with Gasteiger partial charge in [0.1, 0.15) is 5.82 Å². The molecule has 186 valence electrons. The van der Waals surface area contributed by atoms with E-state index in [2.05, 4.69) is 34.3 Å². The fourth-order valence-corrected chi connectivity index (χ4v) is 5.62. The summed E-state index contributed by atoms with van der Waals surface area (Å²) in [4.78, 5) is 19.4. The highest BCUT2D eigenvalue weighted by Crippen LogP contribution is 2.32. The third-order valence-electron chi connectivity index (χ3n) is 7.46. The van der Waals surface area contributed by atoms with E-state index in [0.717, 1.165) is 42.0 Å². The molecule has 0 N–H and O–H groups in total. The first-order valence-electron chi connectivity index (χ1n) is 13.4. The quantitative estimate of drug-likeness (QED) is 0.536. The van der Waals surface area contributed by atoms with Crippen molar-refractivity contribution >= 4 is 11.8 Å². The number of hydrogen-bond donors (Lipinski definition) is 0. The molecule has 7 nitrogen and oxygen atoms in total. The molecule has 1 saturated heterocycles. The Bertz CT molecular complexity index is 907. The molecule has 7 heteroatoms. The number of carbonyl (C=O) groups is 1. The van der Waals surface area contributed by atoms with Crippen molar-refractivity contribution in [3.05, 3.63) is 35.3 Å². The van der Waals surface area contributed by atoms with Gasteiger partial charge in [0.15, 0.2) is 5.69 Å². The zero-order valence-corrected chi connectivity index (χ0v) is 21.0. The Morgan fingerprint density at radius 1 is 1.00 bits per heavy atom. The molecule has 34 heavy (non-hydrogen) atoms. The molecule has 2 atom stereocenters. The highest BCUT2D eigenvalue weighted by molar-refractivity contribution is 5.86. The fourth-order valence-electron chi connectivity index (χ4n) is 5.62. The van der Waals surface area contributed by atoms with Gasteiger partial charge >= 0.3 is 5.97 Å². The molecule has 2 aromatic rings. The van der Waals surface area contributed by atoms with E-state index in [9.17, 15) is 4.79 Å². The molecule has 2 unspecified atom stereocenters. The van der Waals surface area contributed by atoms with Crippen LogP contribution in [0.1, 0.15) is 99.3 Å². The van der Waals surface area contributed by atoms with Gasteiger partial charge in [0, 0.05) is 18.8 Å².